The summed E-state index contributed by atoms with van der Waals surface area (Å²) in [5, 5.41) is 4.56. The van der Waals surface area contributed by atoms with E-state index in [2.05, 4.69) is 16.4 Å². The number of aromatic nitrogens is 2. The standard InChI is InChI=1S/C23H24N4OS/c28-23(27-15-12-16-6-1-3-9-19(16)27)17-7-5-13-24-22(17)25-14-11-21-26-18-8-2-4-10-20(18)29-21/h1,3,5-7,9,13H,2,4,8,10-12,14-15H2,(H,24,25). The number of thiazole rings is 1. The minimum absolute atomic E-state index is 0.00950. The summed E-state index contributed by atoms with van der Waals surface area (Å²) in [6.07, 6.45) is 8.33. The van der Waals surface area contributed by atoms with Crippen molar-refractivity contribution in [2.75, 3.05) is 23.3 Å². The molecule has 0 atom stereocenters. The molecule has 0 bridgehead atoms. The van der Waals surface area contributed by atoms with Crippen LogP contribution in [0.3, 0.4) is 0 Å². The van der Waals surface area contributed by atoms with E-state index in [1.54, 1.807) is 6.20 Å². The van der Waals surface area contributed by atoms with Gasteiger partial charge in [-0.25, -0.2) is 9.97 Å². The van der Waals surface area contributed by atoms with E-state index in [0.717, 1.165) is 38.0 Å². The molecule has 1 aliphatic carbocycles. The van der Waals surface area contributed by atoms with Crippen molar-refractivity contribution in [1.82, 2.24) is 9.97 Å². The Kier molecular flexibility index (Phi) is 5.02. The van der Waals surface area contributed by atoms with E-state index in [1.165, 1.54) is 40.4 Å². The first-order chi connectivity index (χ1) is 14.3. The summed E-state index contributed by atoms with van der Waals surface area (Å²) >= 11 is 1.85. The molecule has 1 amide bonds. The third kappa shape index (κ3) is 3.65. The van der Waals surface area contributed by atoms with Gasteiger partial charge in [0.25, 0.3) is 5.91 Å². The van der Waals surface area contributed by atoms with Gasteiger partial charge in [0.05, 0.1) is 16.3 Å². The zero-order valence-electron chi connectivity index (χ0n) is 16.4. The van der Waals surface area contributed by atoms with Crippen LogP contribution in [0.1, 0.15) is 44.3 Å². The summed E-state index contributed by atoms with van der Waals surface area (Å²) in [6, 6.07) is 11.8. The number of carbonyl (C=O) groups is 1. The van der Waals surface area contributed by atoms with E-state index >= 15 is 0 Å². The number of carbonyl (C=O) groups excluding carboxylic acids is 1. The molecule has 5 nitrogen and oxygen atoms in total. The first-order valence-corrected chi connectivity index (χ1v) is 11.2. The quantitative estimate of drug-likeness (QED) is 0.690. The Balaban J connectivity index is 1.28. The van der Waals surface area contributed by atoms with Crippen LogP contribution < -0.4 is 10.2 Å². The molecule has 0 saturated carbocycles. The van der Waals surface area contributed by atoms with Gasteiger partial charge < -0.3 is 10.2 Å². The zero-order chi connectivity index (χ0) is 19.6. The van der Waals surface area contributed by atoms with E-state index in [1.807, 2.05) is 46.6 Å². The molecule has 0 fully saturated rings. The van der Waals surface area contributed by atoms with Gasteiger partial charge >= 0.3 is 0 Å². The van der Waals surface area contributed by atoms with Gasteiger partial charge in [-0.3, -0.25) is 4.79 Å². The largest absolute Gasteiger partial charge is 0.369 e. The fourth-order valence-electron chi connectivity index (χ4n) is 4.21. The number of pyridine rings is 1. The maximum Gasteiger partial charge on any atom is 0.262 e. The third-order valence-corrected chi connectivity index (χ3v) is 6.91. The fourth-order valence-corrected chi connectivity index (χ4v) is 5.37. The molecule has 1 aliphatic heterocycles. The number of fused-ring (bicyclic) bond motifs is 2. The normalized spacial score (nSPS) is 15.1. The number of para-hydroxylation sites is 1. The van der Waals surface area contributed by atoms with E-state index in [-0.39, 0.29) is 5.91 Å². The predicted molar refractivity (Wildman–Crippen MR) is 117 cm³/mol. The van der Waals surface area contributed by atoms with Crippen LogP contribution in [0.4, 0.5) is 11.5 Å². The molecular formula is C23H24N4OS. The summed E-state index contributed by atoms with van der Waals surface area (Å²) < 4.78 is 0. The first-order valence-electron chi connectivity index (χ1n) is 10.4. The van der Waals surface area contributed by atoms with Crippen LogP contribution in [0.25, 0.3) is 0 Å². The SMILES string of the molecule is O=C(c1cccnc1NCCc1nc2c(s1)CCCC2)N1CCc2ccccc21. The number of hydrogen-bond donors (Lipinski definition) is 1. The zero-order valence-corrected chi connectivity index (χ0v) is 17.2. The molecule has 0 radical (unpaired) electrons. The first kappa shape index (κ1) is 18.3. The second-order valence-electron chi connectivity index (χ2n) is 7.60. The van der Waals surface area contributed by atoms with E-state index < -0.39 is 0 Å². The van der Waals surface area contributed by atoms with Crippen molar-refractivity contribution in [2.45, 2.75) is 38.5 Å². The summed E-state index contributed by atoms with van der Waals surface area (Å²) in [7, 11) is 0. The number of benzene rings is 1. The van der Waals surface area contributed by atoms with Crippen LogP contribution in [0.2, 0.25) is 0 Å². The number of hydrogen-bond acceptors (Lipinski definition) is 5. The summed E-state index contributed by atoms with van der Waals surface area (Å²) in [6.45, 7) is 1.44. The molecule has 0 unspecified atom stereocenters. The highest BCUT2D eigenvalue weighted by molar-refractivity contribution is 7.11. The van der Waals surface area contributed by atoms with Crippen molar-refractivity contribution >= 4 is 28.7 Å². The Bertz CT molecular complexity index is 1020. The van der Waals surface area contributed by atoms with Crippen molar-refractivity contribution in [1.29, 1.82) is 0 Å². The smallest absolute Gasteiger partial charge is 0.262 e. The molecule has 1 aromatic carbocycles. The van der Waals surface area contributed by atoms with Crippen LogP contribution >= 0.6 is 11.3 Å². The summed E-state index contributed by atoms with van der Waals surface area (Å²) in [5.74, 6) is 0.665. The number of anilines is 2. The second kappa shape index (κ2) is 7.95. The Hall–Kier alpha value is -2.73. The predicted octanol–water partition coefficient (Wildman–Crippen LogP) is 4.27. The highest BCUT2D eigenvalue weighted by Crippen LogP contribution is 2.30. The minimum atomic E-state index is 0.00950. The molecule has 148 valence electrons. The van der Waals surface area contributed by atoms with Crippen molar-refractivity contribution < 1.29 is 4.79 Å². The Morgan fingerprint density at radius 3 is 2.93 bits per heavy atom. The van der Waals surface area contributed by atoms with E-state index in [0.29, 0.717) is 11.4 Å². The van der Waals surface area contributed by atoms with Gasteiger partial charge in [0, 0.05) is 36.3 Å². The van der Waals surface area contributed by atoms with Crippen molar-refractivity contribution in [3.8, 4) is 0 Å². The highest BCUT2D eigenvalue weighted by Gasteiger charge is 2.27. The molecular weight excluding hydrogens is 380 g/mol. The molecule has 1 N–H and O–H groups in total. The average Bonchev–Trinajstić information content (AvgIpc) is 3.37. The van der Waals surface area contributed by atoms with Gasteiger partial charge in [-0.15, -0.1) is 11.3 Å². The van der Waals surface area contributed by atoms with E-state index in [4.69, 9.17) is 4.98 Å². The van der Waals surface area contributed by atoms with Crippen LogP contribution in [0.5, 0.6) is 0 Å². The van der Waals surface area contributed by atoms with Gasteiger partial charge in [0.15, 0.2) is 0 Å². The Labute approximate surface area is 174 Å². The molecule has 0 spiro atoms. The number of aryl methyl sites for hydroxylation is 2. The average molecular weight is 405 g/mol. The molecule has 3 heterocycles. The lowest BCUT2D eigenvalue weighted by Gasteiger charge is -2.19. The molecule has 0 saturated heterocycles. The summed E-state index contributed by atoms with van der Waals surface area (Å²) in [5.41, 5.74) is 4.17. The monoisotopic (exact) mass is 404 g/mol. The van der Waals surface area contributed by atoms with E-state index in [9.17, 15) is 4.79 Å². The maximum atomic E-state index is 13.2. The number of nitrogens with one attached hydrogen (secondary N) is 1. The maximum absolute atomic E-state index is 13.2. The molecule has 5 rings (SSSR count). The van der Waals surface area contributed by atoms with Gasteiger partial charge in [0.1, 0.15) is 5.82 Å². The van der Waals surface area contributed by atoms with Crippen LogP contribution in [0, 0.1) is 0 Å². The van der Waals surface area contributed by atoms with Crippen LogP contribution in [-0.2, 0) is 25.7 Å². The lowest BCUT2D eigenvalue weighted by molar-refractivity contribution is 0.0990. The molecule has 2 aromatic heterocycles. The van der Waals surface area contributed by atoms with Crippen LogP contribution in [-0.4, -0.2) is 29.0 Å². The van der Waals surface area contributed by atoms with Crippen molar-refractivity contribution in [3.05, 3.63) is 69.3 Å². The molecule has 6 heteroatoms. The van der Waals surface area contributed by atoms with Crippen molar-refractivity contribution in [2.24, 2.45) is 0 Å². The Morgan fingerprint density at radius 1 is 1.10 bits per heavy atom. The summed E-state index contributed by atoms with van der Waals surface area (Å²) in [4.78, 5) is 25.8. The number of nitrogens with zero attached hydrogens (tertiary/aromatic N) is 3. The fraction of sp³-hybridized carbons (Fsp3) is 0.348. The third-order valence-electron chi connectivity index (χ3n) is 5.69. The highest BCUT2D eigenvalue weighted by atomic mass is 32.1. The lowest BCUT2D eigenvalue weighted by Crippen LogP contribution is -2.30. The minimum Gasteiger partial charge on any atom is -0.369 e. The molecule has 29 heavy (non-hydrogen) atoms. The van der Waals surface area contributed by atoms with Crippen LogP contribution in [0.15, 0.2) is 42.6 Å². The topological polar surface area (TPSA) is 58.1 Å². The lowest BCUT2D eigenvalue weighted by atomic mass is 10.0. The van der Waals surface area contributed by atoms with Crippen molar-refractivity contribution in [3.63, 3.8) is 0 Å². The van der Waals surface area contributed by atoms with Gasteiger partial charge in [0.2, 0.25) is 0 Å². The molecule has 3 aromatic rings. The molecule has 2 aliphatic rings. The van der Waals surface area contributed by atoms with Gasteiger partial charge in [-0.1, -0.05) is 18.2 Å². The second-order valence-corrected chi connectivity index (χ2v) is 8.76. The Morgan fingerprint density at radius 2 is 2.00 bits per heavy atom. The van der Waals surface area contributed by atoms with Gasteiger partial charge in [-0.2, -0.15) is 0 Å². The van der Waals surface area contributed by atoms with Gasteiger partial charge in [-0.05, 0) is 55.9 Å². The number of amides is 1. The number of rotatable bonds is 5.